The number of nitrogens with one attached hydrogen (secondary N) is 1. The highest BCUT2D eigenvalue weighted by Gasteiger charge is 2.57. The summed E-state index contributed by atoms with van der Waals surface area (Å²) in [5, 5.41) is 3.33. The van der Waals surface area contributed by atoms with E-state index in [-0.39, 0.29) is 16.6 Å². The third-order valence-electron chi connectivity index (χ3n) is 7.13. The van der Waals surface area contributed by atoms with Crippen molar-refractivity contribution in [1.29, 1.82) is 0 Å². The lowest BCUT2D eigenvalue weighted by molar-refractivity contribution is -0.122. The standard InChI is InChI=1S/C29H20Cl3N3O5S2/c1-40-17-11-7-15(8-12-17)33-20(36)13-34-28-25(42-29(34)39)21(18-3-2-4-19(31)23(18)32)22-24(41-28)27(38)35(26(22)37)16-9-5-14(30)6-10-16/h2-12,21-22,24H,13H2,1H3,(H,33,36)/t21-,22-,24+/m0/s1. The molecular weight excluding hydrogens is 641 g/mol. The fourth-order valence-corrected chi connectivity index (χ4v) is 8.53. The van der Waals surface area contributed by atoms with Gasteiger partial charge in [0.15, 0.2) is 0 Å². The molecule has 13 heteroatoms. The monoisotopic (exact) mass is 659 g/mol. The van der Waals surface area contributed by atoms with E-state index in [9.17, 15) is 19.2 Å². The minimum absolute atomic E-state index is 0.232. The van der Waals surface area contributed by atoms with Crippen molar-refractivity contribution in [1.82, 2.24) is 4.57 Å². The number of halogens is 3. The van der Waals surface area contributed by atoms with E-state index in [1.54, 1.807) is 73.8 Å². The fraction of sp³-hybridized carbons (Fsp3) is 0.172. The summed E-state index contributed by atoms with van der Waals surface area (Å²) in [5.74, 6) is -2.25. The van der Waals surface area contributed by atoms with Crippen LogP contribution in [-0.4, -0.2) is 34.6 Å². The maximum absolute atomic E-state index is 14.0. The van der Waals surface area contributed by atoms with E-state index in [2.05, 4.69) is 5.32 Å². The molecule has 6 rings (SSSR count). The maximum Gasteiger partial charge on any atom is 0.308 e. The molecule has 3 atom stereocenters. The molecule has 3 amide bonds. The van der Waals surface area contributed by atoms with Crippen molar-refractivity contribution in [3.05, 3.63) is 102 Å². The van der Waals surface area contributed by atoms with Crippen LogP contribution >= 0.6 is 57.9 Å². The summed E-state index contributed by atoms with van der Waals surface area (Å²) in [5.41, 5.74) is 1.44. The molecule has 0 spiro atoms. The molecule has 1 saturated heterocycles. The van der Waals surface area contributed by atoms with E-state index in [1.165, 1.54) is 4.57 Å². The number of thioether (sulfide) groups is 1. The number of amides is 3. The van der Waals surface area contributed by atoms with E-state index in [0.29, 0.717) is 37.6 Å². The Hall–Kier alpha value is -3.28. The lowest BCUT2D eigenvalue weighted by Crippen LogP contribution is -2.33. The number of nitrogens with zero attached hydrogens (tertiary/aromatic N) is 2. The first-order chi connectivity index (χ1) is 20.2. The van der Waals surface area contributed by atoms with Crippen LogP contribution in [0.15, 0.2) is 76.6 Å². The van der Waals surface area contributed by atoms with Gasteiger partial charge in [0.05, 0.1) is 33.8 Å². The molecule has 1 fully saturated rings. The summed E-state index contributed by atoms with van der Waals surface area (Å²) in [6.45, 7) is -0.292. The summed E-state index contributed by atoms with van der Waals surface area (Å²) in [6, 6.07) is 18.3. The zero-order valence-corrected chi connectivity index (χ0v) is 25.6. The van der Waals surface area contributed by atoms with Gasteiger partial charge in [-0.1, -0.05) is 70.0 Å². The van der Waals surface area contributed by atoms with E-state index in [1.807, 2.05) is 0 Å². The van der Waals surface area contributed by atoms with Crippen LogP contribution in [0.1, 0.15) is 16.4 Å². The summed E-state index contributed by atoms with van der Waals surface area (Å²) < 4.78 is 6.49. The van der Waals surface area contributed by atoms with E-state index in [4.69, 9.17) is 39.5 Å². The second kappa shape index (κ2) is 11.4. The quantitative estimate of drug-likeness (QED) is 0.244. The Morgan fingerprint density at radius 3 is 2.36 bits per heavy atom. The van der Waals surface area contributed by atoms with Crippen molar-refractivity contribution in [2.75, 3.05) is 17.3 Å². The summed E-state index contributed by atoms with van der Waals surface area (Å²) in [7, 11) is 1.54. The summed E-state index contributed by atoms with van der Waals surface area (Å²) in [6.07, 6.45) is 0. The van der Waals surface area contributed by atoms with Crippen molar-refractivity contribution in [2.45, 2.75) is 22.7 Å². The highest BCUT2D eigenvalue weighted by Crippen LogP contribution is 2.55. The highest BCUT2D eigenvalue weighted by molar-refractivity contribution is 8.00. The first-order valence-electron chi connectivity index (χ1n) is 12.6. The van der Waals surface area contributed by atoms with Gasteiger partial charge in [-0.2, -0.15) is 0 Å². The second-order valence-electron chi connectivity index (χ2n) is 9.57. The number of carbonyl (C=O) groups excluding carboxylic acids is 3. The van der Waals surface area contributed by atoms with Crippen LogP contribution in [-0.2, 0) is 20.9 Å². The Balaban J connectivity index is 1.41. The zero-order valence-electron chi connectivity index (χ0n) is 21.7. The van der Waals surface area contributed by atoms with Crippen molar-refractivity contribution in [3.8, 4) is 5.75 Å². The highest BCUT2D eigenvalue weighted by atomic mass is 35.5. The van der Waals surface area contributed by atoms with Gasteiger partial charge in [0.25, 0.3) is 0 Å². The maximum atomic E-state index is 14.0. The number of imide groups is 1. The minimum Gasteiger partial charge on any atom is -0.497 e. The number of thiazole rings is 1. The third-order valence-corrected chi connectivity index (χ3v) is 10.8. The summed E-state index contributed by atoms with van der Waals surface area (Å²) in [4.78, 5) is 55.5. The number of carbonyl (C=O) groups is 3. The number of ether oxygens (including phenoxy) is 1. The van der Waals surface area contributed by atoms with Gasteiger partial charge >= 0.3 is 4.87 Å². The van der Waals surface area contributed by atoms with Crippen LogP contribution < -0.4 is 19.8 Å². The largest absolute Gasteiger partial charge is 0.497 e. The Morgan fingerprint density at radius 2 is 1.67 bits per heavy atom. The molecule has 214 valence electrons. The number of hydrogen-bond donors (Lipinski definition) is 1. The molecular formula is C29H20Cl3N3O5S2. The van der Waals surface area contributed by atoms with Crippen LogP contribution in [0.2, 0.25) is 15.1 Å². The van der Waals surface area contributed by atoms with Gasteiger partial charge in [-0.25, -0.2) is 4.90 Å². The summed E-state index contributed by atoms with van der Waals surface area (Å²) >= 11 is 21.1. The average molecular weight is 661 g/mol. The lowest BCUT2D eigenvalue weighted by atomic mass is 9.83. The van der Waals surface area contributed by atoms with Gasteiger partial charge in [0.2, 0.25) is 17.7 Å². The Bertz CT molecular complexity index is 1790. The normalized spacial score (nSPS) is 19.4. The van der Waals surface area contributed by atoms with Gasteiger partial charge in [-0.3, -0.25) is 23.7 Å². The fourth-order valence-electron chi connectivity index (χ4n) is 5.21. The Morgan fingerprint density at radius 1 is 0.952 bits per heavy atom. The van der Waals surface area contributed by atoms with Crippen molar-refractivity contribution >= 4 is 87.0 Å². The van der Waals surface area contributed by atoms with Gasteiger partial charge in [-0.05, 0) is 60.2 Å². The van der Waals surface area contributed by atoms with Crippen molar-refractivity contribution < 1.29 is 19.1 Å². The third kappa shape index (κ3) is 5.01. The van der Waals surface area contributed by atoms with Gasteiger partial charge in [0.1, 0.15) is 17.5 Å². The van der Waals surface area contributed by atoms with Crippen molar-refractivity contribution in [2.24, 2.45) is 5.92 Å². The molecule has 4 aromatic rings. The number of hydrogen-bond acceptors (Lipinski definition) is 7. The molecule has 0 unspecified atom stereocenters. The zero-order chi connectivity index (χ0) is 29.7. The van der Waals surface area contributed by atoms with Crippen LogP contribution in [0.25, 0.3) is 0 Å². The first-order valence-corrected chi connectivity index (χ1v) is 15.4. The van der Waals surface area contributed by atoms with Crippen molar-refractivity contribution in [3.63, 3.8) is 0 Å². The van der Waals surface area contributed by atoms with Gasteiger partial charge in [-0.15, -0.1) is 0 Å². The molecule has 0 aliphatic carbocycles. The number of benzene rings is 3. The predicted molar refractivity (Wildman–Crippen MR) is 166 cm³/mol. The Kier molecular flexibility index (Phi) is 7.84. The number of rotatable bonds is 6. The van der Waals surface area contributed by atoms with E-state index >= 15 is 0 Å². The number of anilines is 2. The van der Waals surface area contributed by atoms with E-state index in [0.717, 1.165) is 28.0 Å². The number of methoxy groups -OCH3 is 1. The topological polar surface area (TPSA) is 97.7 Å². The molecule has 8 nitrogen and oxygen atoms in total. The van der Waals surface area contributed by atoms with Crippen LogP contribution in [0, 0.1) is 5.92 Å². The second-order valence-corrected chi connectivity index (χ2v) is 12.9. The minimum atomic E-state index is -0.870. The molecule has 1 aromatic heterocycles. The first kappa shape index (κ1) is 28.8. The average Bonchev–Trinajstić information content (AvgIpc) is 3.42. The molecule has 0 saturated carbocycles. The van der Waals surface area contributed by atoms with Gasteiger partial charge < -0.3 is 10.1 Å². The molecule has 2 aliphatic heterocycles. The lowest BCUT2D eigenvalue weighted by Gasteiger charge is -2.31. The smallest absolute Gasteiger partial charge is 0.308 e. The number of aromatic nitrogens is 1. The molecule has 42 heavy (non-hydrogen) atoms. The van der Waals surface area contributed by atoms with Gasteiger partial charge in [0, 0.05) is 21.5 Å². The molecule has 1 N–H and O–H groups in total. The van der Waals surface area contributed by atoms with Crippen LogP contribution in [0.3, 0.4) is 0 Å². The molecule has 2 aliphatic rings. The van der Waals surface area contributed by atoms with Crippen LogP contribution in [0.5, 0.6) is 5.75 Å². The molecule has 3 aromatic carbocycles. The molecule has 0 bridgehead atoms. The molecule has 3 heterocycles. The predicted octanol–water partition coefficient (Wildman–Crippen LogP) is 6.31. The Labute approximate surface area is 263 Å². The SMILES string of the molecule is COc1ccc(NC(=O)Cn2c3c(sc2=O)[C@@H](c2cccc(Cl)c2Cl)[C@@H]2C(=O)N(c4ccc(Cl)cc4)C(=O)[C@@H]2S3)cc1. The number of fused-ring (bicyclic) bond motifs is 2. The molecule has 0 radical (unpaired) electrons. The van der Waals surface area contributed by atoms with E-state index < -0.39 is 39.7 Å². The van der Waals surface area contributed by atoms with Crippen LogP contribution in [0.4, 0.5) is 11.4 Å².